The summed E-state index contributed by atoms with van der Waals surface area (Å²) in [6.07, 6.45) is 0. The molecule has 0 saturated heterocycles. The Hall–Kier alpha value is -2.02. The fourth-order valence-corrected chi connectivity index (χ4v) is 2.44. The summed E-state index contributed by atoms with van der Waals surface area (Å²) in [5.41, 5.74) is -0.909. The number of nitro benzene ring substituents is 1. The molecule has 1 unspecified atom stereocenters. The van der Waals surface area contributed by atoms with E-state index in [1.54, 1.807) is 6.92 Å². The lowest BCUT2D eigenvalue weighted by atomic mass is 10.2. The number of anilines is 1. The van der Waals surface area contributed by atoms with Crippen LogP contribution in [-0.4, -0.2) is 4.92 Å². The van der Waals surface area contributed by atoms with Crippen molar-refractivity contribution in [2.24, 2.45) is 0 Å². The Labute approximate surface area is 111 Å². The summed E-state index contributed by atoms with van der Waals surface area (Å²) in [6.45, 7) is 1.76. The summed E-state index contributed by atoms with van der Waals surface area (Å²) < 4.78 is 26.6. The van der Waals surface area contributed by atoms with Crippen LogP contribution in [0.25, 0.3) is 0 Å². The van der Waals surface area contributed by atoms with E-state index in [0.29, 0.717) is 6.07 Å². The largest absolute Gasteiger partial charge is 0.372 e. The standard InChI is InChI=1S/C12H10F2N2O2S/c1-7(11-3-2-4-19-11)15-10-6-8(13)5-9(14)12(10)16(17)18/h2-7,15H,1H3. The number of benzene rings is 1. The van der Waals surface area contributed by atoms with Crippen molar-refractivity contribution in [3.8, 4) is 0 Å². The average Bonchev–Trinajstić information content (AvgIpc) is 2.80. The molecule has 1 heterocycles. The van der Waals surface area contributed by atoms with Gasteiger partial charge in [-0.2, -0.15) is 4.39 Å². The molecule has 0 aliphatic heterocycles. The number of hydrogen-bond donors (Lipinski definition) is 1. The van der Waals surface area contributed by atoms with Crippen LogP contribution in [0.4, 0.5) is 20.2 Å². The molecule has 1 aromatic heterocycles. The van der Waals surface area contributed by atoms with Gasteiger partial charge in [-0.3, -0.25) is 10.1 Å². The number of nitrogens with one attached hydrogen (secondary N) is 1. The summed E-state index contributed by atoms with van der Waals surface area (Å²) in [4.78, 5) is 10.9. The molecule has 100 valence electrons. The third-order valence-electron chi connectivity index (χ3n) is 2.55. The molecule has 2 rings (SSSR count). The quantitative estimate of drug-likeness (QED) is 0.679. The van der Waals surface area contributed by atoms with Crippen LogP contribution in [0.1, 0.15) is 17.8 Å². The Morgan fingerprint density at radius 1 is 1.42 bits per heavy atom. The molecular formula is C12H10F2N2O2S. The summed E-state index contributed by atoms with van der Waals surface area (Å²) in [5, 5.41) is 15.4. The molecule has 0 aliphatic rings. The van der Waals surface area contributed by atoms with E-state index in [0.717, 1.165) is 10.9 Å². The number of halogens is 2. The Morgan fingerprint density at radius 2 is 2.16 bits per heavy atom. The van der Waals surface area contributed by atoms with Gasteiger partial charge >= 0.3 is 5.69 Å². The van der Waals surface area contributed by atoms with Crippen molar-refractivity contribution in [2.75, 3.05) is 5.32 Å². The van der Waals surface area contributed by atoms with Gasteiger partial charge in [-0.05, 0) is 18.4 Å². The van der Waals surface area contributed by atoms with Crippen LogP contribution >= 0.6 is 11.3 Å². The zero-order valence-electron chi connectivity index (χ0n) is 9.89. The molecule has 1 atom stereocenters. The topological polar surface area (TPSA) is 55.2 Å². The van der Waals surface area contributed by atoms with Crippen molar-refractivity contribution in [2.45, 2.75) is 13.0 Å². The van der Waals surface area contributed by atoms with Crippen LogP contribution in [0.2, 0.25) is 0 Å². The van der Waals surface area contributed by atoms with Crippen molar-refractivity contribution >= 4 is 22.7 Å². The smallest absolute Gasteiger partial charge is 0.327 e. The highest BCUT2D eigenvalue weighted by atomic mass is 32.1. The first kappa shape index (κ1) is 13.4. The molecule has 2 aromatic rings. The maximum atomic E-state index is 13.4. The number of rotatable bonds is 4. The molecule has 0 radical (unpaired) electrons. The number of thiophene rings is 1. The van der Waals surface area contributed by atoms with Crippen molar-refractivity contribution in [1.29, 1.82) is 0 Å². The van der Waals surface area contributed by atoms with Gasteiger partial charge in [0.05, 0.1) is 11.0 Å². The van der Waals surface area contributed by atoms with Crippen LogP contribution in [-0.2, 0) is 0 Å². The molecule has 0 bridgehead atoms. The van der Waals surface area contributed by atoms with Gasteiger partial charge in [-0.1, -0.05) is 6.07 Å². The summed E-state index contributed by atoms with van der Waals surface area (Å²) in [7, 11) is 0. The van der Waals surface area contributed by atoms with Crippen molar-refractivity contribution in [3.63, 3.8) is 0 Å². The second kappa shape index (κ2) is 5.31. The highest BCUT2D eigenvalue weighted by Crippen LogP contribution is 2.32. The Balaban J connectivity index is 2.36. The predicted octanol–water partition coefficient (Wildman–Crippen LogP) is 4.11. The first-order chi connectivity index (χ1) is 8.99. The van der Waals surface area contributed by atoms with E-state index in [1.165, 1.54) is 11.3 Å². The lowest BCUT2D eigenvalue weighted by Crippen LogP contribution is -2.08. The Kier molecular flexibility index (Phi) is 3.75. The highest BCUT2D eigenvalue weighted by molar-refractivity contribution is 7.10. The molecule has 0 aliphatic carbocycles. The van der Waals surface area contributed by atoms with Gasteiger partial charge < -0.3 is 5.32 Å². The minimum Gasteiger partial charge on any atom is -0.372 e. The van der Waals surface area contributed by atoms with Crippen LogP contribution < -0.4 is 5.32 Å². The molecule has 4 nitrogen and oxygen atoms in total. The van der Waals surface area contributed by atoms with E-state index in [2.05, 4.69) is 5.32 Å². The molecule has 0 spiro atoms. The highest BCUT2D eigenvalue weighted by Gasteiger charge is 2.23. The van der Waals surface area contributed by atoms with Crippen molar-refractivity contribution in [3.05, 3.63) is 56.3 Å². The van der Waals surface area contributed by atoms with E-state index < -0.39 is 22.2 Å². The van der Waals surface area contributed by atoms with Crippen LogP contribution in [0.5, 0.6) is 0 Å². The van der Waals surface area contributed by atoms with Gasteiger partial charge in [0.2, 0.25) is 5.82 Å². The fraction of sp³-hybridized carbons (Fsp3) is 0.167. The molecular weight excluding hydrogens is 274 g/mol. The number of nitro groups is 1. The molecule has 7 heteroatoms. The van der Waals surface area contributed by atoms with E-state index >= 15 is 0 Å². The van der Waals surface area contributed by atoms with E-state index in [1.807, 2.05) is 17.5 Å². The first-order valence-electron chi connectivity index (χ1n) is 5.42. The number of hydrogen-bond acceptors (Lipinski definition) is 4. The van der Waals surface area contributed by atoms with Crippen molar-refractivity contribution < 1.29 is 13.7 Å². The second-order valence-electron chi connectivity index (χ2n) is 3.92. The molecule has 1 N–H and O–H groups in total. The zero-order valence-corrected chi connectivity index (χ0v) is 10.7. The van der Waals surface area contributed by atoms with E-state index in [4.69, 9.17) is 0 Å². The third kappa shape index (κ3) is 2.87. The molecule has 0 amide bonds. The molecule has 0 saturated carbocycles. The van der Waals surface area contributed by atoms with Gasteiger partial charge in [0.25, 0.3) is 0 Å². The predicted molar refractivity (Wildman–Crippen MR) is 69.4 cm³/mol. The Morgan fingerprint density at radius 3 is 2.74 bits per heavy atom. The molecule has 1 aromatic carbocycles. The van der Waals surface area contributed by atoms with Crippen LogP contribution in [0.3, 0.4) is 0 Å². The normalized spacial score (nSPS) is 12.2. The minimum atomic E-state index is -1.19. The first-order valence-corrected chi connectivity index (χ1v) is 6.30. The SMILES string of the molecule is CC(Nc1cc(F)cc(F)c1[N+](=O)[O-])c1cccs1. The summed E-state index contributed by atoms with van der Waals surface area (Å²) >= 11 is 1.45. The Bertz CT molecular complexity index is 602. The maximum Gasteiger partial charge on any atom is 0.327 e. The number of nitrogens with zero attached hydrogens (tertiary/aromatic N) is 1. The van der Waals surface area contributed by atoms with Crippen LogP contribution in [0, 0.1) is 21.7 Å². The lowest BCUT2D eigenvalue weighted by Gasteiger charge is -2.14. The van der Waals surface area contributed by atoms with Gasteiger partial charge in [-0.25, -0.2) is 4.39 Å². The van der Waals surface area contributed by atoms with Gasteiger partial charge in [-0.15, -0.1) is 11.3 Å². The monoisotopic (exact) mass is 284 g/mol. The maximum absolute atomic E-state index is 13.4. The molecule has 19 heavy (non-hydrogen) atoms. The van der Waals surface area contributed by atoms with Crippen molar-refractivity contribution in [1.82, 2.24) is 0 Å². The third-order valence-corrected chi connectivity index (χ3v) is 3.61. The lowest BCUT2D eigenvalue weighted by molar-refractivity contribution is -0.386. The average molecular weight is 284 g/mol. The summed E-state index contributed by atoms with van der Waals surface area (Å²) in [5.74, 6) is -2.05. The van der Waals surface area contributed by atoms with Gasteiger partial charge in [0.15, 0.2) is 0 Å². The summed E-state index contributed by atoms with van der Waals surface area (Å²) in [6, 6.07) is 4.81. The van der Waals surface area contributed by atoms with Gasteiger partial charge in [0, 0.05) is 17.0 Å². The fourth-order valence-electron chi connectivity index (χ4n) is 1.70. The minimum absolute atomic E-state index is 0.164. The van der Waals surface area contributed by atoms with E-state index in [9.17, 15) is 18.9 Å². The zero-order chi connectivity index (χ0) is 14.0. The van der Waals surface area contributed by atoms with Crippen LogP contribution in [0.15, 0.2) is 29.6 Å². The van der Waals surface area contributed by atoms with Gasteiger partial charge in [0.1, 0.15) is 11.5 Å². The van der Waals surface area contributed by atoms with E-state index in [-0.39, 0.29) is 11.7 Å². The second-order valence-corrected chi connectivity index (χ2v) is 4.90. The molecule has 0 fully saturated rings.